The molecule has 1 N–H and O–H groups in total. The van der Waals surface area contributed by atoms with Crippen molar-refractivity contribution < 1.29 is 14.2 Å². The SMILES string of the molecule is CNC(CCCC1CCCO1)c1ccc2c(c1)OCCO2. The minimum Gasteiger partial charge on any atom is -0.486 e. The third kappa shape index (κ3) is 3.69. The standard InChI is InChI=1S/C17H25NO3/c1-18-15(6-2-4-14-5-3-9-19-14)13-7-8-16-17(12-13)21-11-10-20-16/h7-8,12,14-15,18H,2-6,9-11H2,1H3. The molecule has 0 amide bonds. The molecule has 4 nitrogen and oxygen atoms in total. The zero-order valence-electron chi connectivity index (χ0n) is 12.8. The van der Waals surface area contributed by atoms with E-state index in [9.17, 15) is 0 Å². The molecule has 0 spiro atoms. The van der Waals surface area contributed by atoms with E-state index in [2.05, 4.69) is 17.4 Å². The van der Waals surface area contributed by atoms with Crippen LogP contribution in [0.5, 0.6) is 11.5 Å². The topological polar surface area (TPSA) is 39.7 Å². The fourth-order valence-corrected chi connectivity index (χ4v) is 3.18. The number of hydrogen-bond acceptors (Lipinski definition) is 4. The monoisotopic (exact) mass is 291 g/mol. The predicted molar refractivity (Wildman–Crippen MR) is 82.1 cm³/mol. The fourth-order valence-electron chi connectivity index (χ4n) is 3.18. The van der Waals surface area contributed by atoms with Crippen molar-refractivity contribution in [2.24, 2.45) is 0 Å². The fraction of sp³-hybridized carbons (Fsp3) is 0.647. The number of nitrogens with one attached hydrogen (secondary N) is 1. The minimum atomic E-state index is 0.363. The number of benzene rings is 1. The van der Waals surface area contributed by atoms with Gasteiger partial charge in [0.05, 0.1) is 6.10 Å². The lowest BCUT2D eigenvalue weighted by molar-refractivity contribution is 0.101. The quantitative estimate of drug-likeness (QED) is 0.874. The van der Waals surface area contributed by atoms with Crippen molar-refractivity contribution in [3.63, 3.8) is 0 Å². The molecular formula is C17H25NO3. The van der Waals surface area contributed by atoms with Gasteiger partial charge >= 0.3 is 0 Å². The molecule has 0 bridgehead atoms. The smallest absolute Gasteiger partial charge is 0.161 e. The summed E-state index contributed by atoms with van der Waals surface area (Å²) in [5, 5.41) is 3.41. The molecule has 2 aliphatic heterocycles. The molecule has 2 aliphatic rings. The van der Waals surface area contributed by atoms with Crippen LogP contribution in [0.15, 0.2) is 18.2 Å². The van der Waals surface area contributed by atoms with Gasteiger partial charge in [0.25, 0.3) is 0 Å². The molecule has 0 aliphatic carbocycles. The number of ether oxygens (including phenoxy) is 3. The minimum absolute atomic E-state index is 0.363. The summed E-state index contributed by atoms with van der Waals surface area (Å²) in [6.45, 7) is 2.23. The molecule has 0 aromatic heterocycles. The van der Waals surface area contributed by atoms with Crippen LogP contribution < -0.4 is 14.8 Å². The van der Waals surface area contributed by atoms with Crippen LogP contribution in [0.25, 0.3) is 0 Å². The second-order valence-electron chi connectivity index (χ2n) is 5.81. The van der Waals surface area contributed by atoms with E-state index in [-0.39, 0.29) is 0 Å². The zero-order chi connectivity index (χ0) is 14.5. The third-order valence-electron chi connectivity index (χ3n) is 4.36. The van der Waals surface area contributed by atoms with Crippen LogP contribution in [-0.2, 0) is 4.74 Å². The Kier molecular flexibility index (Phi) is 4.99. The van der Waals surface area contributed by atoms with Crippen molar-refractivity contribution in [2.75, 3.05) is 26.9 Å². The van der Waals surface area contributed by atoms with Crippen LogP contribution in [0, 0.1) is 0 Å². The lowest BCUT2D eigenvalue weighted by atomic mass is 9.99. The first-order valence-electron chi connectivity index (χ1n) is 8.05. The van der Waals surface area contributed by atoms with Crippen LogP contribution in [0.2, 0.25) is 0 Å². The van der Waals surface area contributed by atoms with Gasteiger partial charge < -0.3 is 19.5 Å². The number of rotatable bonds is 6. The first-order chi connectivity index (χ1) is 10.4. The van der Waals surface area contributed by atoms with Crippen LogP contribution in [0.4, 0.5) is 0 Å². The second kappa shape index (κ2) is 7.14. The normalized spacial score (nSPS) is 22.2. The van der Waals surface area contributed by atoms with Crippen LogP contribution in [-0.4, -0.2) is 33.0 Å². The molecule has 2 atom stereocenters. The summed E-state index contributed by atoms with van der Waals surface area (Å²) >= 11 is 0. The van der Waals surface area contributed by atoms with Gasteiger partial charge in [0.15, 0.2) is 11.5 Å². The molecule has 0 radical (unpaired) electrons. The predicted octanol–water partition coefficient (Wildman–Crippen LogP) is 3.07. The average molecular weight is 291 g/mol. The van der Waals surface area contributed by atoms with Crippen molar-refractivity contribution >= 4 is 0 Å². The summed E-state index contributed by atoms with van der Waals surface area (Å²) in [7, 11) is 2.02. The maximum absolute atomic E-state index is 5.69. The van der Waals surface area contributed by atoms with E-state index in [0.717, 1.165) is 24.5 Å². The summed E-state index contributed by atoms with van der Waals surface area (Å²) in [6, 6.07) is 6.64. The van der Waals surface area contributed by atoms with Crippen LogP contribution in [0.1, 0.15) is 43.7 Å². The molecule has 116 valence electrons. The van der Waals surface area contributed by atoms with Gasteiger partial charge in [-0.05, 0) is 56.8 Å². The molecule has 2 unspecified atom stereocenters. The van der Waals surface area contributed by atoms with E-state index in [1.54, 1.807) is 0 Å². The summed E-state index contributed by atoms with van der Waals surface area (Å²) in [4.78, 5) is 0. The van der Waals surface area contributed by atoms with Crippen molar-refractivity contribution in [2.45, 2.75) is 44.2 Å². The Bertz CT molecular complexity index is 457. The summed E-state index contributed by atoms with van der Waals surface area (Å²) in [5.74, 6) is 1.73. The van der Waals surface area contributed by atoms with Gasteiger partial charge in [-0.1, -0.05) is 6.07 Å². The number of fused-ring (bicyclic) bond motifs is 1. The largest absolute Gasteiger partial charge is 0.486 e. The van der Waals surface area contributed by atoms with Crippen molar-refractivity contribution in [1.29, 1.82) is 0 Å². The molecule has 3 rings (SSSR count). The van der Waals surface area contributed by atoms with Crippen LogP contribution >= 0.6 is 0 Å². The molecule has 1 saturated heterocycles. The Hall–Kier alpha value is -1.26. The average Bonchev–Trinajstić information content (AvgIpc) is 3.04. The van der Waals surface area contributed by atoms with Gasteiger partial charge in [0.2, 0.25) is 0 Å². The van der Waals surface area contributed by atoms with Gasteiger partial charge in [-0.3, -0.25) is 0 Å². The lowest BCUT2D eigenvalue weighted by Gasteiger charge is -2.22. The molecule has 1 aromatic rings. The van der Waals surface area contributed by atoms with E-state index in [0.29, 0.717) is 25.4 Å². The Labute approximate surface area is 126 Å². The van der Waals surface area contributed by atoms with Crippen LogP contribution in [0.3, 0.4) is 0 Å². The van der Waals surface area contributed by atoms with E-state index in [1.165, 1.54) is 31.2 Å². The Balaban J connectivity index is 1.57. The van der Waals surface area contributed by atoms with E-state index in [1.807, 2.05) is 13.1 Å². The molecule has 2 heterocycles. The van der Waals surface area contributed by atoms with Crippen molar-refractivity contribution in [3.05, 3.63) is 23.8 Å². The van der Waals surface area contributed by atoms with Crippen molar-refractivity contribution in [3.8, 4) is 11.5 Å². The molecule has 21 heavy (non-hydrogen) atoms. The summed E-state index contributed by atoms with van der Waals surface area (Å²) < 4.78 is 16.9. The van der Waals surface area contributed by atoms with Gasteiger partial charge in [-0.2, -0.15) is 0 Å². The highest BCUT2D eigenvalue weighted by Gasteiger charge is 2.18. The summed E-state index contributed by atoms with van der Waals surface area (Å²) in [6.07, 6.45) is 6.42. The molecule has 4 heteroatoms. The number of hydrogen-bond donors (Lipinski definition) is 1. The van der Waals surface area contributed by atoms with E-state index in [4.69, 9.17) is 14.2 Å². The van der Waals surface area contributed by atoms with Gasteiger partial charge in [0.1, 0.15) is 13.2 Å². The first kappa shape index (κ1) is 14.7. The maximum Gasteiger partial charge on any atom is 0.161 e. The maximum atomic E-state index is 5.69. The first-order valence-corrected chi connectivity index (χ1v) is 8.05. The van der Waals surface area contributed by atoms with E-state index >= 15 is 0 Å². The van der Waals surface area contributed by atoms with Crippen molar-refractivity contribution in [1.82, 2.24) is 5.32 Å². The van der Waals surface area contributed by atoms with Gasteiger partial charge in [0, 0.05) is 12.6 Å². The molecule has 1 fully saturated rings. The Morgan fingerprint density at radius 3 is 2.81 bits per heavy atom. The highest BCUT2D eigenvalue weighted by atomic mass is 16.6. The summed E-state index contributed by atoms with van der Waals surface area (Å²) in [5.41, 5.74) is 1.27. The molecule has 1 aromatic carbocycles. The highest BCUT2D eigenvalue weighted by molar-refractivity contribution is 5.44. The zero-order valence-corrected chi connectivity index (χ0v) is 12.8. The second-order valence-corrected chi connectivity index (χ2v) is 5.81. The lowest BCUT2D eigenvalue weighted by Crippen LogP contribution is -2.19. The van der Waals surface area contributed by atoms with Gasteiger partial charge in [-0.15, -0.1) is 0 Å². The molecule has 0 saturated carbocycles. The third-order valence-corrected chi connectivity index (χ3v) is 4.36. The highest BCUT2D eigenvalue weighted by Crippen LogP contribution is 2.33. The van der Waals surface area contributed by atoms with E-state index < -0.39 is 0 Å². The Morgan fingerprint density at radius 1 is 1.19 bits per heavy atom. The van der Waals surface area contributed by atoms with Gasteiger partial charge in [-0.25, -0.2) is 0 Å². The Morgan fingerprint density at radius 2 is 2.05 bits per heavy atom. The molecular weight excluding hydrogens is 266 g/mol.